The number of carbonyl (C=O) groups excluding carboxylic acids is 4. The molecule has 0 rings (SSSR count). The summed E-state index contributed by atoms with van der Waals surface area (Å²) in [6.07, 6.45) is 0.789. The first-order valence-corrected chi connectivity index (χ1v) is 10.4. The number of carbonyl (C=O) groups is 5. The van der Waals surface area contributed by atoms with Crippen molar-refractivity contribution >= 4 is 29.6 Å². The van der Waals surface area contributed by atoms with E-state index in [2.05, 4.69) is 16.0 Å². The van der Waals surface area contributed by atoms with Gasteiger partial charge in [-0.2, -0.15) is 0 Å². The molecule has 0 aliphatic heterocycles. The fourth-order valence-corrected chi connectivity index (χ4v) is 2.62. The monoisotopic (exact) mass is 460 g/mol. The maximum atomic E-state index is 12.7. The van der Waals surface area contributed by atoms with Gasteiger partial charge in [-0.3, -0.25) is 19.2 Å². The van der Waals surface area contributed by atoms with Crippen molar-refractivity contribution in [1.82, 2.24) is 16.0 Å². The van der Waals surface area contributed by atoms with Gasteiger partial charge < -0.3 is 43.4 Å². The lowest BCUT2D eigenvalue weighted by molar-refractivity contribution is -0.143. The highest BCUT2D eigenvalue weighted by molar-refractivity contribution is 5.94. The topological polar surface area (TPSA) is 240 Å². The summed E-state index contributed by atoms with van der Waals surface area (Å²) in [5.74, 6) is -4.58. The van der Waals surface area contributed by atoms with Crippen LogP contribution in [0.4, 0.5) is 0 Å². The summed E-state index contributed by atoms with van der Waals surface area (Å²) < 4.78 is 0. The highest BCUT2D eigenvalue weighted by Crippen LogP contribution is 2.05. The van der Waals surface area contributed by atoms with Gasteiger partial charge in [-0.05, 0) is 38.1 Å². The Balaban J connectivity index is 5.24. The molecular weight excluding hydrogens is 424 g/mol. The second kappa shape index (κ2) is 15.1. The van der Waals surface area contributed by atoms with Crippen LogP contribution in [0.1, 0.15) is 46.0 Å². The van der Waals surface area contributed by atoms with Crippen LogP contribution in [0.25, 0.3) is 0 Å². The van der Waals surface area contributed by atoms with Crippen LogP contribution in [0.15, 0.2) is 0 Å². The normalized spacial score (nSPS) is 14.7. The first-order valence-electron chi connectivity index (χ1n) is 10.4. The number of primary amides is 1. The summed E-state index contributed by atoms with van der Waals surface area (Å²) >= 11 is 0. The number of amides is 4. The van der Waals surface area contributed by atoms with E-state index in [1.165, 1.54) is 0 Å². The number of nitrogens with one attached hydrogen (secondary N) is 3. The van der Waals surface area contributed by atoms with Gasteiger partial charge in [-0.15, -0.1) is 0 Å². The van der Waals surface area contributed by atoms with Gasteiger partial charge >= 0.3 is 5.97 Å². The fraction of sp³-hybridized carbons (Fsp3) is 0.737. The molecular formula is C19H36N6O7. The Morgan fingerprint density at radius 2 is 1.38 bits per heavy atom. The molecule has 4 amide bonds. The van der Waals surface area contributed by atoms with Crippen molar-refractivity contribution < 1.29 is 34.2 Å². The Labute approximate surface area is 186 Å². The number of aliphatic hydroxyl groups is 1. The van der Waals surface area contributed by atoms with Crippen LogP contribution >= 0.6 is 0 Å². The molecule has 0 aromatic heterocycles. The lowest BCUT2D eigenvalue weighted by Crippen LogP contribution is -2.58. The number of carboxylic acid groups (broad SMARTS) is 1. The van der Waals surface area contributed by atoms with Crippen LogP contribution in [-0.4, -0.2) is 77.1 Å². The van der Waals surface area contributed by atoms with Crippen molar-refractivity contribution in [2.75, 3.05) is 13.2 Å². The Morgan fingerprint density at radius 3 is 1.84 bits per heavy atom. The summed E-state index contributed by atoms with van der Waals surface area (Å²) in [7, 11) is 0. The van der Waals surface area contributed by atoms with E-state index in [0.717, 1.165) is 0 Å². The summed E-state index contributed by atoms with van der Waals surface area (Å²) in [4.78, 5) is 59.6. The van der Waals surface area contributed by atoms with E-state index in [4.69, 9.17) is 17.2 Å². The maximum absolute atomic E-state index is 12.7. The summed E-state index contributed by atoms with van der Waals surface area (Å²) in [6, 6.07) is -4.81. The minimum absolute atomic E-state index is 0.174. The van der Waals surface area contributed by atoms with Crippen molar-refractivity contribution in [3.05, 3.63) is 0 Å². The number of nitrogens with two attached hydrogens (primary N) is 3. The number of unbranched alkanes of at least 4 members (excludes halogenated alkanes) is 1. The largest absolute Gasteiger partial charge is 0.480 e. The lowest BCUT2D eigenvalue weighted by Gasteiger charge is -2.25. The van der Waals surface area contributed by atoms with Gasteiger partial charge in [-0.25, -0.2) is 4.79 Å². The van der Waals surface area contributed by atoms with Crippen LogP contribution in [0.2, 0.25) is 0 Å². The molecule has 184 valence electrons. The second-order valence-corrected chi connectivity index (χ2v) is 7.76. The predicted octanol–water partition coefficient (Wildman–Crippen LogP) is -3.10. The van der Waals surface area contributed by atoms with E-state index in [1.54, 1.807) is 13.8 Å². The maximum Gasteiger partial charge on any atom is 0.326 e. The Kier molecular flexibility index (Phi) is 13.8. The lowest BCUT2D eigenvalue weighted by atomic mass is 10.0. The highest BCUT2D eigenvalue weighted by atomic mass is 16.4. The molecule has 0 aliphatic rings. The van der Waals surface area contributed by atoms with Crippen LogP contribution in [0.3, 0.4) is 0 Å². The van der Waals surface area contributed by atoms with Crippen LogP contribution in [0, 0.1) is 5.92 Å². The quantitative estimate of drug-likeness (QED) is 0.109. The standard InChI is InChI=1S/C19H36N6O7/c1-10(2)15(22)18(30)23-11(5-3-4-8-20)16(28)25-13(9-26)17(29)24-12(19(31)32)6-7-14(21)27/h10-13,15,26H,3-9,20,22H2,1-2H3,(H2,21,27)(H,23,30)(H,24,29)(H,25,28)(H,31,32). The van der Waals surface area contributed by atoms with E-state index in [9.17, 15) is 34.2 Å². The zero-order valence-corrected chi connectivity index (χ0v) is 18.5. The van der Waals surface area contributed by atoms with E-state index < -0.39 is 60.4 Å². The van der Waals surface area contributed by atoms with E-state index in [-0.39, 0.29) is 25.2 Å². The minimum atomic E-state index is -1.48. The second-order valence-electron chi connectivity index (χ2n) is 7.76. The van der Waals surface area contributed by atoms with Gasteiger partial charge in [0.2, 0.25) is 23.6 Å². The number of aliphatic carboxylic acids is 1. The third kappa shape index (κ3) is 11.0. The Bertz CT molecular complexity index is 658. The molecule has 0 spiro atoms. The van der Waals surface area contributed by atoms with Gasteiger partial charge in [-0.1, -0.05) is 13.8 Å². The molecule has 0 saturated heterocycles. The predicted molar refractivity (Wildman–Crippen MR) is 115 cm³/mol. The number of aliphatic hydroxyl groups excluding tert-OH is 1. The average Bonchev–Trinajstić information content (AvgIpc) is 2.72. The van der Waals surface area contributed by atoms with Gasteiger partial charge in [0, 0.05) is 6.42 Å². The van der Waals surface area contributed by atoms with Gasteiger partial charge in [0.1, 0.15) is 18.1 Å². The Hall–Kier alpha value is -2.77. The van der Waals surface area contributed by atoms with Gasteiger partial charge in [0.25, 0.3) is 0 Å². The molecule has 0 radical (unpaired) electrons. The average molecular weight is 461 g/mol. The van der Waals surface area contributed by atoms with E-state index in [1.807, 2.05) is 0 Å². The zero-order valence-electron chi connectivity index (χ0n) is 18.5. The molecule has 13 nitrogen and oxygen atoms in total. The van der Waals surface area contributed by atoms with Gasteiger partial charge in [0.15, 0.2) is 0 Å². The highest BCUT2D eigenvalue weighted by Gasteiger charge is 2.30. The first kappa shape index (κ1) is 29.2. The van der Waals surface area contributed by atoms with Crippen molar-refractivity contribution in [3.8, 4) is 0 Å². The summed E-state index contributed by atoms with van der Waals surface area (Å²) in [5.41, 5.74) is 16.3. The molecule has 0 aromatic carbocycles. The van der Waals surface area contributed by atoms with Crippen molar-refractivity contribution in [1.29, 1.82) is 0 Å². The minimum Gasteiger partial charge on any atom is -0.480 e. The molecule has 0 aliphatic carbocycles. The Morgan fingerprint density at radius 1 is 0.844 bits per heavy atom. The molecule has 0 saturated carbocycles. The molecule has 11 N–H and O–H groups in total. The third-order valence-electron chi connectivity index (χ3n) is 4.71. The van der Waals surface area contributed by atoms with Crippen molar-refractivity contribution in [3.63, 3.8) is 0 Å². The SMILES string of the molecule is CC(C)C(N)C(=O)NC(CCCCN)C(=O)NC(CO)C(=O)NC(CCC(N)=O)C(=O)O. The first-order chi connectivity index (χ1) is 14.9. The zero-order chi connectivity index (χ0) is 24.8. The van der Waals surface area contributed by atoms with E-state index in [0.29, 0.717) is 19.4 Å². The van der Waals surface area contributed by atoms with Crippen LogP contribution in [0.5, 0.6) is 0 Å². The van der Waals surface area contributed by atoms with Crippen LogP contribution < -0.4 is 33.2 Å². The molecule has 0 heterocycles. The fourth-order valence-electron chi connectivity index (χ4n) is 2.62. The van der Waals surface area contributed by atoms with Crippen molar-refractivity contribution in [2.24, 2.45) is 23.1 Å². The number of carboxylic acids is 1. The third-order valence-corrected chi connectivity index (χ3v) is 4.71. The molecule has 0 bridgehead atoms. The number of hydrogen-bond acceptors (Lipinski definition) is 8. The van der Waals surface area contributed by atoms with E-state index >= 15 is 0 Å². The molecule has 0 aromatic rings. The number of hydrogen-bond donors (Lipinski definition) is 8. The van der Waals surface area contributed by atoms with Crippen molar-refractivity contribution in [2.45, 2.75) is 70.1 Å². The summed E-state index contributed by atoms with van der Waals surface area (Å²) in [5, 5.41) is 25.7. The molecule has 4 atom stereocenters. The van der Waals surface area contributed by atoms with Gasteiger partial charge in [0.05, 0.1) is 12.6 Å². The smallest absolute Gasteiger partial charge is 0.326 e. The molecule has 0 fully saturated rings. The molecule has 4 unspecified atom stereocenters. The molecule has 32 heavy (non-hydrogen) atoms. The number of rotatable bonds is 16. The van der Waals surface area contributed by atoms with Crippen LogP contribution in [-0.2, 0) is 24.0 Å². The molecule has 13 heteroatoms. The summed E-state index contributed by atoms with van der Waals surface area (Å²) in [6.45, 7) is 3.06.